The van der Waals surface area contributed by atoms with E-state index in [0.717, 1.165) is 36.4 Å². The standard InChI is InChI=1S/C14H8O8S2.K/c15-13-9-3-1-7(23(17,18)19)5-11(9)14(16)12-6-8(24(20,21)22)2-4-10(12)13;/h1-6H,(H,17,18,19)(H,20,21,22);/q;+1. The molecule has 0 aliphatic heterocycles. The Morgan fingerprint density at radius 3 is 1.24 bits per heavy atom. The molecule has 0 amide bonds. The first-order valence-corrected chi connectivity index (χ1v) is 9.20. The van der Waals surface area contributed by atoms with Crippen molar-refractivity contribution >= 4 is 31.8 Å². The third-order valence-electron chi connectivity index (χ3n) is 3.56. The fraction of sp³-hybridized carbons (Fsp3) is 0. The fourth-order valence-electron chi connectivity index (χ4n) is 2.43. The molecule has 124 valence electrons. The van der Waals surface area contributed by atoms with E-state index < -0.39 is 41.6 Å². The monoisotopic (exact) mass is 407 g/mol. The van der Waals surface area contributed by atoms with Crippen molar-refractivity contribution in [3.05, 3.63) is 58.7 Å². The van der Waals surface area contributed by atoms with Crippen molar-refractivity contribution in [1.29, 1.82) is 0 Å². The van der Waals surface area contributed by atoms with Crippen LogP contribution >= 0.6 is 0 Å². The number of rotatable bonds is 2. The maximum absolute atomic E-state index is 12.5. The molecule has 11 heteroatoms. The zero-order chi connectivity index (χ0) is 17.9. The first-order chi connectivity index (χ1) is 11.0. The third-order valence-corrected chi connectivity index (χ3v) is 5.26. The van der Waals surface area contributed by atoms with Gasteiger partial charge in [-0.2, -0.15) is 16.8 Å². The van der Waals surface area contributed by atoms with Gasteiger partial charge in [0.25, 0.3) is 20.2 Å². The molecule has 0 atom stereocenters. The van der Waals surface area contributed by atoms with E-state index >= 15 is 0 Å². The zero-order valence-electron chi connectivity index (χ0n) is 12.6. The van der Waals surface area contributed by atoms with E-state index in [9.17, 15) is 26.4 Å². The topological polar surface area (TPSA) is 143 Å². The van der Waals surface area contributed by atoms with Gasteiger partial charge < -0.3 is 0 Å². The quantitative estimate of drug-likeness (QED) is 0.365. The average Bonchev–Trinajstić information content (AvgIpc) is 2.49. The largest absolute Gasteiger partial charge is 1.00 e. The van der Waals surface area contributed by atoms with Crippen molar-refractivity contribution in [3.8, 4) is 0 Å². The van der Waals surface area contributed by atoms with E-state index in [1.807, 2.05) is 0 Å². The Hall–Kier alpha value is -0.764. The molecule has 2 aromatic rings. The maximum atomic E-state index is 12.5. The Morgan fingerprint density at radius 2 is 0.920 bits per heavy atom. The number of ketones is 2. The first kappa shape index (κ1) is 20.5. The minimum atomic E-state index is -4.59. The normalized spacial score (nSPS) is 13.7. The summed E-state index contributed by atoms with van der Waals surface area (Å²) in [5.41, 5.74) is -0.704. The number of carbonyl (C=O) groups excluding carboxylic acids is 2. The minimum absolute atomic E-state index is 0. The van der Waals surface area contributed by atoms with Gasteiger partial charge in [0.2, 0.25) is 0 Å². The van der Waals surface area contributed by atoms with E-state index in [4.69, 9.17) is 9.11 Å². The van der Waals surface area contributed by atoms with Crippen molar-refractivity contribution in [3.63, 3.8) is 0 Å². The second-order valence-electron chi connectivity index (χ2n) is 5.02. The van der Waals surface area contributed by atoms with Crippen LogP contribution in [-0.4, -0.2) is 37.5 Å². The summed E-state index contributed by atoms with van der Waals surface area (Å²) in [6, 6.07) is 5.84. The van der Waals surface area contributed by atoms with Gasteiger partial charge in [0, 0.05) is 22.3 Å². The van der Waals surface area contributed by atoms with Crippen molar-refractivity contribution in [2.24, 2.45) is 0 Å². The van der Waals surface area contributed by atoms with Crippen LogP contribution in [0.1, 0.15) is 31.8 Å². The number of hydrogen-bond acceptors (Lipinski definition) is 6. The van der Waals surface area contributed by atoms with Crippen LogP contribution in [0.15, 0.2) is 46.2 Å². The fourth-order valence-corrected chi connectivity index (χ4v) is 3.44. The molecule has 0 saturated heterocycles. The van der Waals surface area contributed by atoms with Crippen molar-refractivity contribution < 1.29 is 86.9 Å². The summed E-state index contributed by atoms with van der Waals surface area (Å²) >= 11 is 0. The molecule has 1 aliphatic rings. The number of benzene rings is 2. The molecule has 0 unspecified atom stereocenters. The van der Waals surface area contributed by atoms with Gasteiger partial charge in [-0.3, -0.25) is 18.7 Å². The summed E-state index contributed by atoms with van der Waals surface area (Å²) in [6.45, 7) is 0. The SMILES string of the molecule is O=C1c2ccc(S(=O)(=O)O)cc2C(=O)c2cc(S(=O)(=O)O)ccc21.[K+]. The summed E-state index contributed by atoms with van der Waals surface area (Å²) in [4.78, 5) is 23.8. The van der Waals surface area contributed by atoms with Gasteiger partial charge in [-0.25, -0.2) is 0 Å². The van der Waals surface area contributed by atoms with Crippen LogP contribution in [0, 0.1) is 0 Å². The van der Waals surface area contributed by atoms with Gasteiger partial charge in [0.15, 0.2) is 11.6 Å². The third kappa shape index (κ3) is 3.70. The van der Waals surface area contributed by atoms with E-state index in [1.165, 1.54) is 0 Å². The summed E-state index contributed by atoms with van der Waals surface area (Å²) in [7, 11) is -9.17. The predicted molar refractivity (Wildman–Crippen MR) is 79.4 cm³/mol. The molecule has 0 heterocycles. The first-order valence-electron chi connectivity index (χ1n) is 6.32. The molecular weight excluding hydrogens is 399 g/mol. The molecule has 0 spiro atoms. The molecule has 25 heavy (non-hydrogen) atoms. The minimum Gasteiger partial charge on any atom is -0.289 e. The predicted octanol–water partition coefficient (Wildman–Crippen LogP) is -2.04. The molecule has 0 fully saturated rings. The maximum Gasteiger partial charge on any atom is 1.00 e. The molecule has 3 rings (SSSR count). The number of fused-ring (bicyclic) bond motifs is 2. The second kappa shape index (κ2) is 6.76. The van der Waals surface area contributed by atoms with E-state index in [0.29, 0.717) is 0 Å². The molecule has 8 nitrogen and oxygen atoms in total. The smallest absolute Gasteiger partial charge is 0.289 e. The van der Waals surface area contributed by atoms with Crippen LogP contribution < -0.4 is 51.4 Å². The van der Waals surface area contributed by atoms with Crippen molar-refractivity contribution in [2.45, 2.75) is 9.79 Å². The number of hydrogen-bond donors (Lipinski definition) is 2. The Kier molecular flexibility index (Phi) is 5.55. The summed E-state index contributed by atoms with van der Waals surface area (Å²) < 4.78 is 62.8. The molecule has 0 saturated carbocycles. The Labute approximate surface area is 185 Å². The van der Waals surface area contributed by atoms with Crippen LogP contribution in [0.4, 0.5) is 0 Å². The van der Waals surface area contributed by atoms with Crippen LogP contribution in [0.2, 0.25) is 0 Å². The van der Waals surface area contributed by atoms with Gasteiger partial charge >= 0.3 is 51.4 Å². The van der Waals surface area contributed by atoms with Gasteiger partial charge in [0.05, 0.1) is 9.79 Å². The van der Waals surface area contributed by atoms with Gasteiger partial charge in [-0.05, 0) is 36.4 Å². The molecule has 1 aliphatic carbocycles. The molecule has 2 N–H and O–H groups in total. The van der Waals surface area contributed by atoms with Crippen LogP contribution in [0.25, 0.3) is 0 Å². The molecule has 2 aromatic carbocycles. The summed E-state index contributed by atoms with van der Waals surface area (Å²) in [6.07, 6.45) is 0. The van der Waals surface area contributed by atoms with Gasteiger partial charge in [-0.15, -0.1) is 0 Å². The van der Waals surface area contributed by atoms with Gasteiger partial charge in [-0.1, -0.05) is 0 Å². The van der Waals surface area contributed by atoms with Crippen LogP contribution in [0.5, 0.6) is 0 Å². The van der Waals surface area contributed by atoms with E-state index in [2.05, 4.69) is 0 Å². The van der Waals surface area contributed by atoms with Crippen molar-refractivity contribution in [2.75, 3.05) is 0 Å². The Bertz CT molecular complexity index is 1050. The summed E-state index contributed by atoms with van der Waals surface area (Å²) in [5, 5.41) is 0. The second-order valence-corrected chi connectivity index (χ2v) is 7.87. The van der Waals surface area contributed by atoms with Crippen molar-refractivity contribution in [1.82, 2.24) is 0 Å². The Morgan fingerprint density at radius 1 is 0.600 bits per heavy atom. The molecule has 0 bridgehead atoms. The van der Waals surface area contributed by atoms with Crippen LogP contribution in [-0.2, 0) is 20.2 Å². The van der Waals surface area contributed by atoms with Gasteiger partial charge in [0.1, 0.15) is 0 Å². The van der Waals surface area contributed by atoms with Crippen LogP contribution in [0.3, 0.4) is 0 Å². The molecule has 0 aromatic heterocycles. The van der Waals surface area contributed by atoms with E-state index in [-0.39, 0.29) is 73.6 Å². The molecule has 0 radical (unpaired) electrons. The Balaban J connectivity index is 0.00000225. The average molecular weight is 407 g/mol. The zero-order valence-corrected chi connectivity index (χ0v) is 17.4. The number of carbonyl (C=O) groups is 2. The molecular formula is C14H8KO8S2+. The summed E-state index contributed by atoms with van der Waals surface area (Å²) in [5.74, 6) is -1.40. The van der Waals surface area contributed by atoms with E-state index in [1.54, 1.807) is 0 Å².